The summed E-state index contributed by atoms with van der Waals surface area (Å²) in [5.74, 6) is 0.132. The molecule has 5 nitrogen and oxygen atoms in total. The first-order valence-corrected chi connectivity index (χ1v) is 11.6. The van der Waals surface area contributed by atoms with Gasteiger partial charge in [-0.1, -0.05) is 73.7 Å². The van der Waals surface area contributed by atoms with Crippen molar-refractivity contribution in [2.24, 2.45) is 5.92 Å². The second kappa shape index (κ2) is 10.5. The highest BCUT2D eigenvalue weighted by atomic mass is 16.7. The standard InChI is InChI=1S/C28H34N2O3/c1-19-26(17-30(3)20(2)22-8-5-4-6-9-22)32-28(24-10-7-11-25(29)16-24)33-27(19)23-14-12-21(18-31)13-15-23/h4-16,19-20,26-28,31H,17-18,29H2,1-3H3/t19-,20+,26+,27+,28+/m1/s1. The van der Waals surface area contributed by atoms with Crippen molar-refractivity contribution in [1.29, 1.82) is 0 Å². The lowest BCUT2D eigenvalue weighted by Gasteiger charge is -2.43. The van der Waals surface area contributed by atoms with E-state index in [4.69, 9.17) is 15.2 Å². The number of aliphatic hydroxyl groups excluding tert-OH is 1. The summed E-state index contributed by atoms with van der Waals surface area (Å²) in [7, 11) is 2.14. The van der Waals surface area contributed by atoms with E-state index in [1.54, 1.807) is 0 Å². The lowest BCUT2D eigenvalue weighted by atomic mass is 9.89. The number of nitrogens with zero attached hydrogens (tertiary/aromatic N) is 1. The van der Waals surface area contributed by atoms with Gasteiger partial charge in [-0.2, -0.15) is 0 Å². The van der Waals surface area contributed by atoms with Crippen LogP contribution in [0.4, 0.5) is 5.69 Å². The van der Waals surface area contributed by atoms with Crippen LogP contribution in [-0.4, -0.2) is 29.7 Å². The van der Waals surface area contributed by atoms with Gasteiger partial charge in [-0.15, -0.1) is 0 Å². The summed E-state index contributed by atoms with van der Waals surface area (Å²) in [4.78, 5) is 2.34. The summed E-state index contributed by atoms with van der Waals surface area (Å²) in [5, 5.41) is 9.43. The lowest BCUT2D eigenvalue weighted by molar-refractivity contribution is -0.276. The molecule has 1 saturated heterocycles. The van der Waals surface area contributed by atoms with E-state index in [0.717, 1.165) is 23.2 Å². The molecule has 3 aromatic carbocycles. The molecule has 1 aliphatic rings. The molecule has 4 rings (SSSR count). The first kappa shape index (κ1) is 23.5. The number of nitrogen functional groups attached to an aromatic ring is 1. The van der Waals surface area contributed by atoms with E-state index in [-0.39, 0.29) is 30.8 Å². The van der Waals surface area contributed by atoms with Crippen LogP contribution >= 0.6 is 0 Å². The first-order chi connectivity index (χ1) is 16.0. The third kappa shape index (κ3) is 5.45. The molecule has 0 bridgehead atoms. The van der Waals surface area contributed by atoms with E-state index in [1.165, 1.54) is 5.56 Å². The van der Waals surface area contributed by atoms with Crippen LogP contribution in [0.5, 0.6) is 0 Å². The average molecular weight is 447 g/mol. The average Bonchev–Trinajstić information content (AvgIpc) is 2.85. The molecule has 0 aliphatic carbocycles. The van der Waals surface area contributed by atoms with Gasteiger partial charge in [0.05, 0.1) is 18.8 Å². The molecule has 0 unspecified atom stereocenters. The van der Waals surface area contributed by atoms with Gasteiger partial charge in [0.15, 0.2) is 6.29 Å². The molecule has 1 fully saturated rings. The molecule has 0 spiro atoms. The Kier molecular flexibility index (Phi) is 7.46. The zero-order valence-electron chi connectivity index (χ0n) is 19.6. The Balaban J connectivity index is 1.59. The maximum Gasteiger partial charge on any atom is 0.185 e. The van der Waals surface area contributed by atoms with Crippen LogP contribution in [0, 0.1) is 5.92 Å². The number of hydrogen-bond acceptors (Lipinski definition) is 5. The molecule has 0 amide bonds. The van der Waals surface area contributed by atoms with E-state index < -0.39 is 6.29 Å². The van der Waals surface area contributed by atoms with Crippen LogP contribution in [0.3, 0.4) is 0 Å². The normalized spacial score (nSPS) is 24.0. The molecular weight excluding hydrogens is 412 g/mol. The molecule has 0 saturated carbocycles. The molecular formula is C28H34N2O3. The zero-order chi connectivity index (χ0) is 23.4. The molecule has 3 aromatic rings. The van der Waals surface area contributed by atoms with Gasteiger partial charge in [0, 0.05) is 29.8 Å². The lowest BCUT2D eigenvalue weighted by Crippen LogP contribution is -2.44. The van der Waals surface area contributed by atoms with E-state index in [1.807, 2.05) is 54.6 Å². The van der Waals surface area contributed by atoms with Crippen molar-refractivity contribution in [3.8, 4) is 0 Å². The summed E-state index contributed by atoms with van der Waals surface area (Å²) in [5.41, 5.74) is 10.9. The van der Waals surface area contributed by atoms with Gasteiger partial charge in [-0.25, -0.2) is 0 Å². The smallest absolute Gasteiger partial charge is 0.185 e. The first-order valence-electron chi connectivity index (χ1n) is 11.6. The quantitative estimate of drug-likeness (QED) is 0.486. The monoisotopic (exact) mass is 446 g/mol. The molecule has 33 heavy (non-hydrogen) atoms. The van der Waals surface area contributed by atoms with Crippen LogP contribution in [0.2, 0.25) is 0 Å². The molecule has 1 aliphatic heterocycles. The molecule has 0 aromatic heterocycles. The summed E-state index contributed by atoms with van der Waals surface area (Å²) >= 11 is 0. The van der Waals surface area contributed by atoms with Gasteiger partial charge in [-0.05, 0) is 42.8 Å². The van der Waals surface area contributed by atoms with Crippen LogP contribution in [0.1, 0.15) is 54.5 Å². The predicted octanol–water partition coefficient (Wildman–Crippen LogP) is 5.25. The van der Waals surface area contributed by atoms with Gasteiger partial charge < -0.3 is 20.3 Å². The van der Waals surface area contributed by atoms with Crippen LogP contribution in [-0.2, 0) is 16.1 Å². The fourth-order valence-electron chi connectivity index (χ4n) is 4.46. The van der Waals surface area contributed by atoms with Crippen molar-refractivity contribution in [2.75, 3.05) is 19.3 Å². The number of likely N-dealkylation sites (N-methyl/N-ethyl adjacent to an activating group) is 1. The van der Waals surface area contributed by atoms with Gasteiger partial charge in [0.1, 0.15) is 0 Å². The number of hydrogen-bond donors (Lipinski definition) is 2. The third-order valence-electron chi connectivity index (χ3n) is 6.72. The summed E-state index contributed by atoms with van der Waals surface area (Å²) in [6.45, 7) is 5.21. The van der Waals surface area contributed by atoms with Crippen molar-refractivity contribution in [3.05, 3.63) is 101 Å². The zero-order valence-corrected chi connectivity index (χ0v) is 19.6. The number of ether oxygens (including phenoxy) is 2. The Morgan fingerprint density at radius 2 is 1.67 bits per heavy atom. The Morgan fingerprint density at radius 3 is 2.33 bits per heavy atom. The van der Waals surface area contributed by atoms with Crippen LogP contribution in [0.15, 0.2) is 78.9 Å². The van der Waals surface area contributed by atoms with E-state index in [2.05, 4.69) is 50.1 Å². The Bertz CT molecular complexity index is 1020. The van der Waals surface area contributed by atoms with Crippen LogP contribution < -0.4 is 5.73 Å². The molecule has 0 radical (unpaired) electrons. The maximum absolute atomic E-state index is 9.43. The highest BCUT2D eigenvalue weighted by Gasteiger charge is 2.39. The van der Waals surface area contributed by atoms with Gasteiger partial charge in [-0.3, -0.25) is 4.90 Å². The van der Waals surface area contributed by atoms with E-state index >= 15 is 0 Å². The Labute approximate surface area is 196 Å². The molecule has 5 heteroatoms. The number of aliphatic hydroxyl groups is 1. The van der Waals surface area contributed by atoms with Crippen molar-refractivity contribution in [3.63, 3.8) is 0 Å². The van der Waals surface area contributed by atoms with Gasteiger partial charge in [0.2, 0.25) is 0 Å². The largest absolute Gasteiger partial charge is 0.399 e. The van der Waals surface area contributed by atoms with Crippen molar-refractivity contribution >= 4 is 5.69 Å². The predicted molar refractivity (Wildman–Crippen MR) is 131 cm³/mol. The van der Waals surface area contributed by atoms with Gasteiger partial charge in [0.25, 0.3) is 0 Å². The second-order valence-corrected chi connectivity index (χ2v) is 9.02. The second-order valence-electron chi connectivity index (χ2n) is 9.02. The third-order valence-corrected chi connectivity index (χ3v) is 6.72. The number of benzene rings is 3. The van der Waals surface area contributed by atoms with Crippen LogP contribution in [0.25, 0.3) is 0 Å². The van der Waals surface area contributed by atoms with Crippen molar-refractivity contribution in [2.45, 2.75) is 45.0 Å². The minimum absolute atomic E-state index is 0.0289. The minimum Gasteiger partial charge on any atom is -0.399 e. The minimum atomic E-state index is -0.502. The SMILES string of the molecule is C[C@@H]1[C@H](CN(C)[C@@H](C)c2ccccc2)O[C@H](c2cccc(N)c2)O[C@@H]1c1ccc(CO)cc1. The summed E-state index contributed by atoms with van der Waals surface area (Å²) < 4.78 is 13.0. The van der Waals surface area contributed by atoms with Crippen molar-refractivity contribution in [1.82, 2.24) is 4.90 Å². The Morgan fingerprint density at radius 1 is 0.939 bits per heavy atom. The number of anilines is 1. The number of rotatable bonds is 7. The molecule has 5 atom stereocenters. The molecule has 1 heterocycles. The topological polar surface area (TPSA) is 68.0 Å². The highest BCUT2D eigenvalue weighted by Crippen LogP contribution is 2.42. The Hall–Kier alpha value is -2.70. The van der Waals surface area contributed by atoms with E-state index in [9.17, 15) is 5.11 Å². The molecule has 174 valence electrons. The highest BCUT2D eigenvalue weighted by molar-refractivity contribution is 5.41. The fourth-order valence-corrected chi connectivity index (χ4v) is 4.46. The van der Waals surface area contributed by atoms with Crippen molar-refractivity contribution < 1.29 is 14.6 Å². The van der Waals surface area contributed by atoms with Gasteiger partial charge >= 0.3 is 0 Å². The van der Waals surface area contributed by atoms with E-state index in [0.29, 0.717) is 5.69 Å². The summed E-state index contributed by atoms with van der Waals surface area (Å²) in [6.07, 6.45) is -0.676. The number of nitrogens with two attached hydrogens (primary N) is 1. The summed E-state index contributed by atoms with van der Waals surface area (Å²) in [6, 6.07) is 26.5. The fraction of sp³-hybridized carbons (Fsp3) is 0.357. The maximum atomic E-state index is 9.43. The molecule has 3 N–H and O–H groups in total.